The van der Waals surface area contributed by atoms with Gasteiger partial charge in [0.2, 0.25) is 5.65 Å². The zero-order valence-electron chi connectivity index (χ0n) is 10.9. The number of nitrogen functional groups attached to an aromatic ring is 1. The maximum atomic E-state index is 7.39. The second kappa shape index (κ2) is 4.61. The first kappa shape index (κ1) is 12.1. The smallest absolute Gasteiger partial charge is 0.204 e. The number of fused-ring (bicyclic) bond motifs is 1. The molecule has 0 amide bonds. The molecule has 20 heavy (non-hydrogen) atoms. The number of aromatic nitrogens is 4. The van der Waals surface area contributed by atoms with Gasteiger partial charge in [-0.15, -0.1) is 10.2 Å². The molecular formula is C13H13N7. The van der Waals surface area contributed by atoms with Crippen LogP contribution in [-0.2, 0) is 0 Å². The third-order valence-electron chi connectivity index (χ3n) is 3.08. The highest BCUT2D eigenvalue weighted by Gasteiger charge is 2.11. The Labute approximate surface area is 115 Å². The molecule has 3 N–H and O–H groups in total. The van der Waals surface area contributed by atoms with Crippen LogP contribution < -0.4 is 10.6 Å². The summed E-state index contributed by atoms with van der Waals surface area (Å²) >= 11 is 0. The number of nitrogens with one attached hydrogen (secondary N) is 1. The highest BCUT2D eigenvalue weighted by atomic mass is 15.3. The fourth-order valence-corrected chi connectivity index (χ4v) is 1.97. The van der Waals surface area contributed by atoms with Gasteiger partial charge >= 0.3 is 0 Å². The van der Waals surface area contributed by atoms with Gasteiger partial charge in [0.05, 0.1) is 0 Å². The summed E-state index contributed by atoms with van der Waals surface area (Å²) in [6.07, 6.45) is 5.13. The molecule has 7 heteroatoms. The van der Waals surface area contributed by atoms with Crippen molar-refractivity contribution in [2.24, 2.45) is 5.73 Å². The first-order valence-corrected chi connectivity index (χ1v) is 5.99. The minimum Gasteiger partial charge on any atom is -0.384 e. The lowest BCUT2D eigenvalue weighted by atomic mass is 10.2. The predicted octanol–water partition coefficient (Wildman–Crippen LogP) is 1.18. The molecule has 3 rings (SSSR count). The molecule has 100 valence electrons. The summed E-state index contributed by atoms with van der Waals surface area (Å²) in [5.41, 5.74) is 7.75. The number of nitrogens with two attached hydrogens (primary N) is 1. The second-order valence-electron chi connectivity index (χ2n) is 4.33. The van der Waals surface area contributed by atoms with Crippen molar-refractivity contribution < 1.29 is 0 Å². The van der Waals surface area contributed by atoms with Crippen LogP contribution in [0.3, 0.4) is 0 Å². The van der Waals surface area contributed by atoms with Crippen molar-refractivity contribution in [3.8, 4) is 0 Å². The van der Waals surface area contributed by atoms with Crippen molar-refractivity contribution >= 4 is 23.0 Å². The lowest BCUT2D eigenvalue weighted by molar-refractivity contribution is 1.07. The number of amidine groups is 1. The molecule has 2 heterocycles. The summed E-state index contributed by atoms with van der Waals surface area (Å²) in [6, 6.07) is 7.38. The van der Waals surface area contributed by atoms with Gasteiger partial charge in [0.15, 0.2) is 5.82 Å². The number of anilines is 2. The Morgan fingerprint density at radius 2 is 2.05 bits per heavy atom. The minimum absolute atomic E-state index is 0.0527. The van der Waals surface area contributed by atoms with Crippen molar-refractivity contribution in [2.75, 3.05) is 11.9 Å². The van der Waals surface area contributed by atoms with E-state index in [1.54, 1.807) is 30.9 Å². The Kier molecular flexibility index (Phi) is 2.79. The lowest BCUT2D eigenvalue weighted by Gasteiger charge is -2.18. The van der Waals surface area contributed by atoms with E-state index >= 15 is 0 Å². The van der Waals surface area contributed by atoms with E-state index < -0.39 is 0 Å². The Bertz CT molecular complexity index is 760. The van der Waals surface area contributed by atoms with Crippen LogP contribution in [0, 0.1) is 5.41 Å². The summed E-state index contributed by atoms with van der Waals surface area (Å²) < 4.78 is 1.81. The lowest BCUT2D eigenvalue weighted by Crippen LogP contribution is -2.14. The SMILES string of the molecule is CN(c1ccc(C(=N)N)cc1)c1nccn2cnnc12. The number of benzene rings is 1. The fourth-order valence-electron chi connectivity index (χ4n) is 1.97. The Balaban J connectivity index is 2.01. The number of hydrogen-bond acceptors (Lipinski definition) is 5. The second-order valence-corrected chi connectivity index (χ2v) is 4.33. The van der Waals surface area contributed by atoms with E-state index in [2.05, 4.69) is 15.2 Å². The summed E-state index contributed by atoms with van der Waals surface area (Å²) in [5, 5.41) is 15.3. The van der Waals surface area contributed by atoms with Gasteiger partial charge in [-0.25, -0.2) is 4.98 Å². The fraction of sp³-hybridized carbons (Fsp3) is 0.0769. The van der Waals surface area contributed by atoms with Crippen molar-refractivity contribution in [2.45, 2.75) is 0 Å². The Hall–Kier alpha value is -2.96. The Morgan fingerprint density at radius 3 is 2.75 bits per heavy atom. The molecule has 0 saturated heterocycles. The van der Waals surface area contributed by atoms with Crippen molar-refractivity contribution in [1.29, 1.82) is 5.41 Å². The van der Waals surface area contributed by atoms with Crippen LogP contribution in [-0.4, -0.2) is 32.5 Å². The van der Waals surface area contributed by atoms with Crippen LogP contribution in [0.5, 0.6) is 0 Å². The third kappa shape index (κ3) is 1.95. The molecule has 0 aliphatic heterocycles. The van der Waals surface area contributed by atoms with E-state index in [0.717, 1.165) is 5.69 Å². The number of hydrogen-bond donors (Lipinski definition) is 2. The number of nitrogens with zero attached hydrogens (tertiary/aromatic N) is 5. The average Bonchev–Trinajstić information content (AvgIpc) is 2.95. The molecule has 0 bridgehead atoms. The maximum absolute atomic E-state index is 7.39. The first-order chi connectivity index (χ1) is 9.66. The number of rotatable bonds is 3. The van der Waals surface area contributed by atoms with Crippen LogP contribution in [0.15, 0.2) is 43.0 Å². The van der Waals surface area contributed by atoms with Crippen LogP contribution in [0.2, 0.25) is 0 Å². The van der Waals surface area contributed by atoms with Gasteiger partial charge in [-0.2, -0.15) is 0 Å². The molecule has 0 aliphatic carbocycles. The molecule has 0 saturated carbocycles. The van der Waals surface area contributed by atoms with Gasteiger partial charge in [0.25, 0.3) is 0 Å². The predicted molar refractivity (Wildman–Crippen MR) is 76.3 cm³/mol. The monoisotopic (exact) mass is 267 g/mol. The molecule has 0 unspecified atom stereocenters. The molecule has 1 aromatic carbocycles. The van der Waals surface area contributed by atoms with E-state index in [1.165, 1.54) is 0 Å². The molecule has 2 aromatic heterocycles. The van der Waals surface area contributed by atoms with Crippen LogP contribution in [0.4, 0.5) is 11.5 Å². The van der Waals surface area contributed by atoms with Gasteiger partial charge in [-0.3, -0.25) is 9.81 Å². The largest absolute Gasteiger partial charge is 0.384 e. The topological polar surface area (TPSA) is 96.2 Å². The summed E-state index contributed by atoms with van der Waals surface area (Å²) in [4.78, 5) is 6.26. The standard InChI is InChI=1S/C13H13N7/c1-19(10-4-2-9(3-5-10)11(14)15)12-13-18-17-8-20(13)7-6-16-12/h2-8H,1H3,(H3,14,15). The highest BCUT2D eigenvalue weighted by Crippen LogP contribution is 2.24. The average molecular weight is 267 g/mol. The molecule has 0 spiro atoms. The normalized spacial score (nSPS) is 10.7. The van der Waals surface area contributed by atoms with Crippen molar-refractivity contribution in [3.05, 3.63) is 48.5 Å². The molecule has 0 atom stereocenters. The molecule has 7 nitrogen and oxygen atoms in total. The maximum Gasteiger partial charge on any atom is 0.204 e. The highest BCUT2D eigenvalue weighted by molar-refractivity contribution is 5.95. The molecule has 0 radical (unpaired) electrons. The van der Waals surface area contributed by atoms with Crippen molar-refractivity contribution in [1.82, 2.24) is 19.6 Å². The molecular weight excluding hydrogens is 254 g/mol. The van der Waals surface area contributed by atoms with Gasteiger partial charge < -0.3 is 10.6 Å². The zero-order valence-corrected chi connectivity index (χ0v) is 10.9. The first-order valence-electron chi connectivity index (χ1n) is 5.99. The molecule has 0 fully saturated rings. The van der Waals surface area contributed by atoms with E-state index in [1.807, 2.05) is 28.5 Å². The third-order valence-corrected chi connectivity index (χ3v) is 3.08. The zero-order chi connectivity index (χ0) is 14.1. The van der Waals surface area contributed by atoms with Crippen LogP contribution >= 0.6 is 0 Å². The molecule has 0 aliphatic rings. The van der Waals surface area contributed by atoms with E-state index in [-0.39, 0.29) is 5.84 Å². The summed E-state index contributed by atoms with van der Waals surface area (Å²) in [7, 11) is 1.90. The summed E-state index contributed by atoms with van der Waals surface area (Å²) in [6.45, 7) is 0. The van der Waals surface area contributed by atoms with E-state index in [9.17, 15) is 0 Å². The van der Waals surface area contributed by atoms with Crippen LogP contribution in [0.25, 0.3) is 5.65 Å². The minimum atomic E-state index is 0.0527. The quantitative estimate of drug-likeness (QED) is 0.548. The van der Waals surface area contributed by atoms with Gasteiger partial charge in [-0.1, -0.05) is 0 Å². The van der Waals surface area contributed by atoms with Crippen molar-refractivity contribution in [3.63, 3.8) is 0 Å². The van der Waals surface area contributed by atoms with E-state index in [4.69, 9.17) is 11.1 Å². The summed E-state index contributed by atoms with van der Waals surface area (Å²) in [5.74, 6) is 0.762. The van der Waals surface area contributed by atoms with Gasteiger partial charge in [0.1, 0.15) is 12.2 Å². The van der Waals surface area contributed by atoms with Gasteiger partial charge in [-0.05, 0) is 24.3 Å². The van der Waals surface area contributed by atoms with E-state index in [0.29, 0.717) is 17.0 Å². The van der Waals surface area contributed by atoms with Crippen LogP contribution in [0.1, 0.15) is 5.56 Å². The van der Waals surface area contributed by atoms with Gasteiger partial charge in [0, 0.05) is 30.7 Å². The Morgan fingerprint density at radius 1 is 1.30 bits per heavy atom. The molecule has 3 aromatic rings.